The van der Waals surface area contributed by atoms with Gasteiger partial charge in [0.2, 0.25) is 0 Å². The molecule has 21 heavy (non-hydrogen) atoms. The highest BCUT2D eigenvalue weighted by molar-refractivity contribution is 7.22. The first-order valence-electron chi connectivity index (χ1n) is 6.26. The Kier molecular flexibility index (Phi) is 3.81. The number of ether oxygens (including phenoxy) is 1. The average molecular weight is 323 g/mol. The van der Waals surface area contributed by atoms with Crippen LogP contribution in [0.5, 0.6) is 5.75 Å². The second kappa shape index (κ2) is 5.75. The van der Waals surface area contributed by atoms with Gasteiger partial charge in [0.05, 0.1) is 16.8 Å². The van der Waals surface area contributed by atoms with E-state index in [9.17, 15) is 4.79 Å². The van der Waals surface area contributed by atoms with E-state index in [0.29, 0.717) is 11.7 Å². The monoisotopic (exact) mass is 322 g/mol. The lowest BCUT2D eigenvalue weighted by atomic mass is 10.3. The summed E-state index contributed by atoms with van der Waals surface area (Å²) in [5, 5.41) is 3.36. The largest absolute Gasteiger partial charge is 0.494 e. The van der Waals surface area contributed by atoms with Gasteiger partial charge < -0.3 is 9.15 Å². The first-order valence-corrected chi connectivity index (χ1v) is 7.45. The third-order valence-electron chi connectivity index (χ3n) is 2.69. The topological polar surface area (TPSA) is 64.4 Å². The number of halogens is 1. The van der Waals surface area contributed by atoms with E-state index in [1.165, 1.54) is 23.5 Å². The normalized spacial score (nSPS) is 10.8. The lowest BCUT2D eigenvalue weighted by Gasteiger charge is -2.00. The molecule has 0 fully saturated rings. The fourth-order valence-electron chi connectivity index (χ4n) is 1.81. The Bertz CT molecular complexity index is 796. The Morgan fingerprint density at radius 1 is 1.43 bits per heavy atom. The van der Waals surface area contributed by atoms with Crippen molar-refractivity contribution in [1.29, 1.82) is 0 Å². The number of anilines is 1. The number of fused-ring (bicyclic) bond motifs is 1. The molecule has 0 saturated carbocycles. The van der Waals surface area contributed by atoms with Crippen LogP contribution in [0.1, 0.15) is 17.5 Å². The predicted octanol–water partition coefficient (Wildman–Crippen LogP) is 4.19. The van der Waals surface area contributed by atoms with E-state index in [1.54, 1.807) is 0 Å². The molecular weight excluding hydrogens is 312 g/mol. The summed E-state index contributed by atoms with van der Waals surface area (Å²) in [6.45, 7) is 2.53. The summed E-state index contributed by atoms with van der Waals surface area (Å²) in [6, 6.07) is 8.64. The molecule has 0 aliphatic carbocycles. The minimum Gasteiger partial charge on any atom is -0.494 e. The van der Waals surface area contributed by atoms with Crippen LogP contribution in [0.2, 0.25) is 5.22 Å². The predicted molar refractivity (Wildman–Crippen MR) is 82.5 cm³/mol. The van der Waals surface area contributed by atoms with E-state index in [-0.39, 0.29) is 16.9 Å². The van der Waals surface area contributed by atoms with Crippen LogP contribution in [0.25, 0.3) is 10.2 Å². The number of amides is 1. The summed E-state index contributed by atoms with van der Waals surface area (Å²) < 4.78 is 11.4. The molecule has 0 bridgehead atoms. The molecule has 2 heterocycles. The molecule has 1 amide bonds. The Morgan fingerprint density at radius 3 is 3.00 bits per heavy atom. The van der Waals surface area contributed by atoms with Crippen molar-refractivity contribution in [2.75, 3.05) is 11.9 Å². The highest BCUT2D eigenvalue weighted by atomic mass is 35.5. The zero-order valence-electron chi connectivity index (χ0n) is 11.1. The smallest absolute Gasteiger partial charge is 0.293 e. The van der Waals surface area contributed by atoms with Crippen LogP contribution in [0.4, 0.5) is 5.13 Å². The van der Waals surface area contributed by atoms with Crippen molar-refractivity contribution in [3.05, 3.63) is 41.3 Å². The molecule has 1 N–H and O–H groups in total. The second-order valence-corrected chi connectivity index (χ2v) is 5.54. The summed E-state index contributed by atoms with van der Waals surface area (Å²) in [4.78, 5) is 16.3. The summed E-state index contributed by atoms with van der Waals surface area (Å²) in [5.41, 5.74) is 0.802. The number of nitrogens with zero attached hydrogens (tertiary/aromatic N) is 1. The van der Waals surface area contributed by atoms with Gasteiger partial charge in [0.15, 0.2) is 16.1 Å². The Labute approximate surface area is 129 Å². The molecule has 1 aromatic carbocycles. The number of furan rings is 1. The molecule has 108 valence electrons. The van der Waals surface area contributed by atoms with E-state index in [2.05, 4.69) is 10.3 Å². The summed E-state index contributed by atoms with van der Waals surface area (Å²) >= 11 is 7.01. The molecule has 3 rings (SSSR count). The standard InChI is InChI=1S/C14H11ClN2O3S/c1-2-19-8-3-4-9-11(7-8)21-14(16-9)17-13(18)10-5-6-12(15)20-10/h3-7H,2H2,1H3,(H,16,17,18). The van der Waals surface area contributed by atoms with Crippen molar-refractivity contribution < 1.29 is 13.9 Å². The number of benzene rings is 1. The number of thiazole rings is 1. The Balaban J connectivity index is 1.82. The van der Waals surface area contributed by atoms with E-state index < -0.39 is 0 Å². The first-order chi connectivity index (χ1) is 10.2. The number of carbonyl (C=O) groups excluding carboxylic acids is 1. The van der Waals surface area contributed by atoms with E-state index in [0.717, 1.165) is 16.0 Å². The Hall–Kier alpha value is -2.05. The Morgan fingerprint density at radius 2 is 2.29 bits per heavy atom. The molecule has 0 aliphatic heterocycles. The SMILES string of the molecule is CCOc1ccc2nc(NC(=O)c3ccc(Cl)o3)sc2c1. The minimum atomic E-state index is -0.383. The molecule has 3 aromatic rings. The van der Waals surface area contributed by atoms with Gasteiger partial charge in [-0.3, -0.25) is 10.1 Å². The molecule has 0 saturated heterocycles. The number of hydrogen-bond acceptors (Lipinski definition) is 5. The quantitative estimate of drug-likeness (QED) is 0.782. The van der Waals surface area contributed by atoms with Gasteiger partial charge >= 0.3 is 0 Å². The molecule has 0 aliphatic rings. The zero-order chi connectivity index (χ0) is 14.8. The first kappa shape index (κ1) is 13.9. The lowest BCUT2D eigenvalue weighted by molar-refractivity contribution is 0.0997. The van der Waals surface area contributed by atoms with Crippen LogP contribution in [-0.4, -0.2) is 17.5 Å². The molecule has 0 spiro atoms. The fraction of sp³-hybridized carbons (Fsp3) is 0.143. The molecule has 0 atom stereocenters. The van der Waals surface area contributed by atoms with Crippen molar-refractivity contribution in [2.45, 2.75) is 6.92 Å². The molecule has 7 heteroatoms. The van der Waals surface area contributed by atoms with Crippen LogP contribution in [-0.2, 0) is 0 Å². The van der Waals surface area contributed by atoms with Crippen molar-refractivity contribution in [3.8, 4) is 5.75 Å². The average Bonchev–Trinajstić information content (AvgIpc) is 3.04. The van der Waals surface area contributed by atoms with Crippen LogP contribution < -0.4 is 10.1 Å². The fourth-order valence-corrected chi connectivity index (χ4v) is 2.85. The van der Waals surface area contributed by atoms with Crippen LogP contribution >= 0.6 is 22.9 Å². The van der Waals surface area contributed by atoms with Gasteiger partial charge in [-0.05, 0) is 48.9 Å². The molecule has 2 aromatic heterocycles. The number of hydrogen-bond donors (Lipinski definition) is 1. The third kappa shape index (κ3) is 3.01. The maximum atomic E-state index is 12.0. The number of nitrogens with one attached hydrogen (secondary N) is 1. The summed E-state index contributed by atoms with van der Waals surface area (Å²) in [6.07, 6.45) is 0. The zero-order valence-corrected chi connectivity index (χ0v) is 12.6. The third-order valence-corrected chi connectivity index (χ3v) is 3.83. The van der Waals surface area contributed by atoms with Crippen LogP contribution in [0, 0.1) is 0 Å². The van der Waals surface area contributed by atoms with E-state index in [4.69, 9.17) is 20.8 Å². The van der Waals surface area contributed by atoms with Gasteiger partial charge in [-0.15, -0.1) is 0 Å². The van der Waals surface area contributed by atoms with Gasteiger partial charge in [-0.2, -0.15) is 0 Å². The van der Waals surface area contributed by atoms with Gasteiger partial charge in [0.25, 0.3) is 5.91 Å². The number of rotatable bonds is 4. The molecule has 0 radical (unpaired) electrons. The highest BCUT2D eigenvalue weighted by Crippen LogP contribution is 2.29. The maximum absolute atomic E-state index is 12.0. The van der Waals surface area contributed by atoms with Crippen molar-refractivity contribution in [1.82, 2.24) is 4.98 Å². The van der Waals surface area contributed by atoms with Crippen LogP contribution in [0.15, 0.2) is 34.7 Å². The number of aromatic nitrogens is 1. The van der Waals surface area contributed by atoms with Crippen molar-refractivity contribution in [3.63, 3.8) is 0 Å². The molecule has 5 nitrogen and oxygen atoms in total. The van der Waals surface area contributed by atoms with Crippen molar-refractivity contribution in [2.24, 2.45) is 0 Å². The van der Waals surface area contributed by atoms with Crippen LogP contribution in [0.3, 0.4) is 0 Å². The maximum Gasteiger partial charge on any atom is 0.293 e. The number of carbonyl (C=O) groups is 1. The minimum absolute atomic E-state index is 0.147. The van der Waals surface area contributed by atoms with Gasteiger partial charge in [0.1, 0.15) is 5.75 Å². The highest BCUT2D eigenvalue weighted by Gasteiger charge is 2.13. The summed E-state index contributed by atoms with van der Waals surface area (Å²) in [7, 11) is 0. The van der Waals surface area contributed by atoms with E-state index >= 15 is 0 Å². The van der Waals surface area contributed by atoms with Crippen molar-refractivity contribution >= 4 is 44.2 Å². The second-order valence-electron chi connectivity index (χ2n) is 4.14. The lowest BCUT2D eigenvalue weighted by Crippen LogP contribution is -2.10. The van der Waals surface area contributed by atoms with E-state index in [1.807, 2.05) is 25.1 Å². The van der Waals surface area contributed by atoms with Gasteiger partial charge in [-0.1, -0.05) is 11.3 Å². The van der Waals surface area contributed by atoms with Gasteiger partial charge in [-0.25, -0.2) is 4.98 Å². The molecule has 0 unspecified atom stereocenters. The van der Waals surface area contributed by atoms with Gasteiger partial charge in [0, 0.05) is 0 Å². The summed E-state index contributed by atoms with van der Waals surface area (Å²) in [5.74, 6) is 0.546. The molecular formula is C14H11ClN2O3S.